The second kappa shape index (κ2) is 18.6. The molecule has 0 N–H and O–H groups in total. The van der Waals surface area contributed by atoms with Gasteiger partial charge in [-0.15, -0.1) is 0 Å². The van der Waals surface area contributed by atoms with E-state index in [9.17, 15) is 0 Å². The summed E-state index contributed by atoms with van der Waals surface area (Å²) in [5, 5.41) is 7.43. The third kappa shape index (κ3) is 8.12. The van der Waals surface area contributed by atoms with Crippen molar-refractivity contribution in [2.45, 2.75) is 6.92 Å². The van der Waals surface area contributed by atoms with E-state index in [1.807, 2.05) is 0 Å². The molecule has 68 heavy (non-hydrogen) atoms. The van der Waals surface area contributed by atoms with Crippen LogP contribution in [0.2, 0.25) is 0 Å². The van der Waals surface area contributed by atoms with Crippen LogP contribution >= 0.6 is 0 Å². The molecule has 0 aliphatic rings. The van der Waals surface area contributed by atoms with E-state index in [0.29, 0.717) is 0 Å². The summed E-state index contributed by atoms with van der Waals surface area (Å²) in [6.45, 7) is 6.91. The number of hydrogen-bond donors (Lipinski definition) is 0. The van der Waals surface area contributed by atoms with Crippen LogP contribution in [0.5, 0.6) is 0 Å². The Kier molecular flexibility index (Phi) is 11.5. The lowest BCUT2D eigenvalue weighted by Crippen LogP contribution is -2.14. The van der Waals surface area contributed by atoms with Crippen LogP contribution in [0.1, 0.15) is 12.5 Å². The van der Waals surface area contributed by atoms with Gasteiger partial charge in [0, 0.05) is 17.1 Å². The molecule has 0 atom stereocenters. The SMILES string of the molecule is C=C(/C=C\C(=C/C)c1ccc(-c2ccccc2)c(-c2ccccc2)c1)N(c1ccc(-c2ccc3ccccc3c2-c2ccccc2)cc1)c1cccc(-c2cc3ccccc3c3ccccc23)c1. The molecule has 0 aromatic heterocycles. The first-order valence-electron chi connectivity index (χ1n) is 23.4. The maximum absolute atomic E-state index is 4.80. The number of fused-ring (bicyclic) bond motifs is 4. The largest absolute Gasteiger partial charge is 0.311 e. The first kappa shape index (κ1) is 41.9. The van der Waals surface area contributed by atoms with Crippen molar-refractivity contribution >= 4 is 49.3 Å². The Hall–Kier alpha value is -8.78. The van der Waals surface area contributed by atoms with E-state index in [0.717, 1.165) is 39.3 Å². The molecule has 0 aliphatic heterocycles. The average molecular weight is 868 g/mol. The van der Waals surface area contributed by atoms with Crippen molar-refractivity contribution in [3.63, 3.8) is 0 Å². The average Bonchev–Trinajstić information content (AvgIpc) is 3.41. The van der Waals surface area contributed by atoms with Gasteiger partial charge >= 0.3 is 0 Å². The minimum atomic E-state index is 0.845. The van der Waals surface area contributed by atoms with E-state index >= 15 is 0 Å². The summed E-state index contributed by atoms with van der Waals surface area (Å²) in [6.07, 6.45) is 6.55. The van der Waals surface area contributed by atoms with Crippen LogP contribution < -0.4 is 4.90 Å². The Morgan fingerprint density at radius 2 is 0.912 bits per heavy atom. The molecule has 322 valence electrons. The lowest BCUT2D eigenvalue weighted by molar-refractivity contribution is 1.22. The zero-order valence-corrected chi connectivity index (χ0v) is 38.1. The van der Waals surface area contributed by atoms with Gasteiger partial charge in [-0.2, -0.15) is 0 Å². The topological polar surface area (TPSA) is 3.24 Å². The molecule has 0 bridgehead atoms. The quantitative estimate of drug-likeness (QED) is 0.0925. The van der Waals surface area contributed by atoms with E-state index in [1.165, 1.54) is 76.8 Å². The van der Waals surface area contributed by atoms with E-state index < -0.39 is 0 Å². The van der Waals surface area contributed by atoms with Crippen molar-refractivity contribution in [1.29, 1.82) is 0 Å². The lowest BCUT2D eigenvalue weighted by atomic mass is 9.89. The predicted octanol–water partition coefficient (Wildman–Crippen LogP) is 18.8. The maximum Gasteiger partial charge on any atom is 0.0467 e. The minimum absolute atomic E-state index is 0.845. The first-order valence-corrected chi connectivity index (χ1v) is 23.4. The van der Waals surface area contributed by atoms with Gasteiger partial charge in [0.2, 0.25) is 0 Å². The molecule has 0 spiro atoms. The number of benzene rings is 11. The summed E-state index contributed by atoms with van der Waals surface area (Å²) in [4.78, 5) is 2.28. The summed E-state index contributed by atoms with van der Waals surface area (Å²) < 4.78 is 0. The fourth-order valence-electron chi connectivity index (χ4n) is 9.87. The second-order valence-electron chi connectivity index (χ2n) is 17.3. The third-order valence-electron chi connectivity index (χ3n) is 13.2. The molecule has 0 fully saturated rings. The van der Waals surface area contributed by atoms with Gasteiger partial charge in [-0.3, -0.25) is 0 Å². The second-order valence-corrected chi connectivity index (χ2v) is 17.3. The molecule has 0 amide bonds. The van der Waals surface area contributed by atoms with Crippen LogP contribution in [0, 0.1) is 0 Å². The molecule has 0 heterocycles. The van der Waals surface area contributed by atoms with E-state index in [-0.39, 0.29) is 0 Å². The molecule has 0 unspecified atom stereocenters. The van der Waals surface area contributed by atoms with Crippen molar-refractivity contribution in [1.82, 2.24) is 0 Å². The summed E-state index contributed by atoms with van der Waals surface area (Å²) in [6, 6.07) is 89.8. The van der Waals surface area contributed by atoms with Gasteiger partial charge in [-0.25, -0.2) is 0 Å². The van der Waals surface area contributed by atoms with Gasteiger partial charge in [-0.1, -0.05) is 231 Å². The van der Waals surface area contributed by atoms with Crippen molar-refractivity contribution in [3.8, 4) is 55.6 Å². The number of nitrogens with zero attached hydrogens (tertiary/aromatic N) is 1. The van der Waals surface area contributed by atoms with Crippen molar-refractivity contribution in [3.05, 3.63) is 285 Å². The van der Waals surface area contributed by atoms with Crippen LogP contribution in [0.15, 0.2) is 279 Å². The van der Waals surface area contributed by atoms with Crippen LogP contribution in [-0.2, 0) is 0 Å². The standard InChI is InChI=1S/C67H49N/c1-3-48(54-39-42-60(49-20-7-4-8-21-49)65(45-54)50-22-9-5-10-23-50)35-34-47(2)68(58-29-19-28-55(44-58)66-46-56-27-14-15-30-59(56)63-32-17-18-33-64(63)66)57-40-36-52(37-41-57)62-43-38-51-24-13-16-31-61(51)67(62)53-25-11-6-12-26-53/h3-46H,2H2,1H3/b35-34-,48-3+. The summed E-state index contributed by atoms with van der Waals surface area (Å²) in [5.74, 6) is 0. The molecule has 0 saturated carbocycles. The van der Waals surface area contributed by atoms with Gasteiger partial charge in [0.15, 0.2) is 0 Å². The molecule has 1 heteroatoms. The highest BCUT2D eigenvalue weighted by Crippen LogP contribution is 2.42. The van der Waals surface area contributed by atoms with Crippen molar-refractivity contribution in [2.24, 2.45) is 0 Å². The number of anilines is 2. The Labute approximate surface area is 399 Å². The Morgan fingerprint density at radius 1 is 0.353 bits per heavy atom. The lowest BCUT2D eigenvalue weighted by Gasteiger charge is -2.27. The summed E-state index contributed by atoms with van der Waals surface area (Å²) in [7, 11) is 0. The number of allylic oxidation sites excluding steroid dienone is 4. The van der Waals surface area contributed by atoms with Crippen molar-refractivity contribution < 1.29 is 0 Å². The highest BCUT2D eigenvalue weighted by Gasteiger charge is 2.18. The van der Waals surface area contributed by atoms with E-state index in [4.69, 9.17) is 6.58 Å². The maximum atomic E-state index is 4.80. The predicted molar refractivity (Wildman–Crippen MR) is 293 cm³/mol. The van der Waals surface area contributed by atoms with Gasteiger partial charge in [0.25, 0.3) is 0 Å². The third-order valence-corrected chi connectivity index (χ3v) is 13.2. The van der Waals surface area contributed by atoms with Gasteiger partial charge < -0.3 is 4.90 Å². The number of rotatable bonds is 11. The molecule has 11 aromatic rings. The molecule has 0 saturated heterocycles. The highest BCUT2D eigenvalue weighted by molar-refractivity contribution is 6.14. The molecular formula is C67H49N. The summed E-state index contributed by atoms with van der Waals surface area (Å²) >= 11 is 0. The smallest absolute Gasteiger partial charge is 0.0467 e. The normalized spacial score (nSPS) is 11.7. The van der Waals surface area contributed by atoms with Gasteiger partial charge in [-0.05, 0) is 148 Å². The fraction of sp³-hybridized carbons (Fsp3) is 0.0149. The molecule has 0 aliphatic carbocycles. The molecular weight excluding hydrogens is 819 g/mol. The van der Waals surface area contributed by atoms with Gasteiger partial charge in [0.05, 0.1) is 0 Å². The molecule has 11 rings (SSSR count). The highest BCUT2D eigenvalue weighted by atomic mass is 15.1. The van der Waals surface area contributed by atoms with Crippen LogP contribution in [0.4, 0.5) is 11.4 Å². The summed E-state index contributed by atoms with van der Waals surface area (Å²) in [5.41, 5.74) is 17.1. The zero-order chi connectivity index (χ0) is 45.8. The first-order chi connectivity index (χ1) is 33.6. The van der Waals surface area contributed by atoms with Crippen molar-refractivity contribution in [2.75, 3.05) is 4.90 Å². The van der Waals surface area contributed by atoms with Crippen LogP contribution in [0.3, 0.4) is 0 Å². The minimum Gasteiger partial charge on any atom is -0.311 e. The Morgan fingerprint density at radius 3 is 1.62 bits per heavy atom. The van der Waals surface area contributed by atoms with E-state index in [1.54, 1.807) is 0 Å². The molecule has 1 nitrogen and oxygen atoms in total. The van der Waals surface area contributed by atoms with Crippen LogP contribution in [-0.4, -0.2) is 0 Å². The fourth-order valence-corrected chi connectivity index (χ4v) is 9.87. The zero-order valence-electron chi connectivity index (χ0n) is 38.1. The molecule has 0 radical (unpaired) electrons. The molecule has 11 aromatic carbocycles. The van der Waals surface area contributed by atoms with Gasteiger partial charge in [0.1, 0.15) is 0 Å². The van der Waals surface area contributed by atoms with E-state index in [2.05, 4.69) is 279 Å². The number of hydrogen-bond acceptors (Lipinski definition) is 1. The monoisotopic (exact) mass is 867 g/mol. The Balaban J connectivity index is 1.01. The van der Waals surface area contributed by atoms with Crippen LogP contribution in [0.25, 0.3) is 93.5 Å². The Bertz CT molecular complexity index is 3670.